The molecule has 2 saturated heterocycles. The highest BCUT2D eigenvalue weighted by molar-refractivity contribution is 7.89. The first-order chi connectivity index (χ1) is 26.9. The molecule has 292 valence electrons. The van der Waals surface area contributed by atoms with Crippen LogP contribution >= 0.6 is 0 Å². The minimum Gasteiger partial charge on any atom is -0.449 e. The van der Waals surface area contributed by atoms with E-state index in [9.17, 15) is 26.4 Å². The summed E-state index contributed by atoms with van der Waals surface area (Å²) in [6, 6.07) is 19.7. The van der Waals surface area contributed by atoms with Crippen molar-refractivity contribution in [3.8, 4) is 0 Å². The zero-order valence-electron chi connectivity index (χ0n) is 30.2. The van der Waals surface area contributed by atoms with Crippen LogP contribution in [0.3, 0.4) is 0 Å². The number of amides is 2. The van der Waals surface area contributed by atoms with Crippen molar-refractivity contribution in [1.82, 2.24) is 33.6 Å². The van der Waals surface area contributed by atoms with E-state index in [4.69, 9.17) is 15.9 Å². The molecule has 6 N–H and O–H groups in total. The molecule has 2 aliphatic rings. The van der Waals surface area contributed by atoms with E-state index in [0.29, 0.717) is 56.7 Å². The van der Waals surface area contributed by atoms with E-state index in [-0.39, 0.29) is 46.0 Å². The Labute approximate surface area is 323 Å². The third-order valence-electron chi connectivity index (χ3n) is 9.60. The van der Waals surface area contributed by atoms with Gasteiger partial charge in [-0.05, 0) is 72.5 Å². The van der Waals surface area contributed by atoms with Gasteiger partial charge in [-0.2, -0.15) is 8.61 Å². The summed E-state index contributed by atoms with van der Waals surface area (Å²) < 4.78 is 60.5. The number of hydrogen-bond donors (Lipinski definition) is 4. The summed E-state index contributed by atoms with van der Waals surface area (Å²) in [5.74, 6) is -0.357. The van der Waals surface area contributed by atoms with Gasteiger partial charge in [-0.3, -0.25) is 14.6 Å². The molecule has 6 heterocycles. The maximum atomic E-state index is 12.6. The lowest BCUT2D eigenvalue weighted by atomic mass is 10.2. The second-order valence-electron chi connectivity index (χ2n) is 13.6. The average Bonchev–Trinajstić information content (AvgIpc) is 4.04. The molecule has 4 aromatic heterocycles. The zero-order chi connectivity index (χ0) is 39.5. The molecule has 2 amide bonds. The molecule has 0 radical (unpaired) electrons. The van der Waals surface area contributed by atoms with Crippen LogP contribution in [0.25, 0.3) is 16.6 Å². The van der Waals surface area contributed by atoms with Gasteiger partial charge >= 0.3 is 0 Å². The number of carbonyl (C=O) groups is 2. The van der Waals surface area contributed by atoms with E-state index < -0.39 is 20.0 Å². The summed E-state index contributed by atoms with van der Waals surface area (Å²) >= 11 is 0. The van der Waals surface area contributed by atoms with E-state index in [2.05, 4.69) is 20.6 Å². The predicted molar refractivity (Wildman–Crippen MR) is 207 cm³/mol. The summed E-state index contributed by atoms with van der Waals surface area (Å²) in [5, 5.41) is 6.41. The van der Waals surface area contributed by atoms with Gasteiger partial charge in [0.1, 0.15) is 5.65 Å². The summed E-state index contributed by atoms with van der Waals surface area (Å²) in [4.78, 5) is 33.2. The molecule has 2 atom stereocenters. The second-order valence-corrected chi connectivity index (χ2v) is 17.5. The number of imidazole rings is 1. The van der Waals surface area contributed by atoms with Gasteiger partial charge in [0.2, 0.25) is 20.0 Å². The van der Waals surface area contributed by atoms with Crippen LogP contribution in [0.4, 0.5) is 0 Å². The Morgan fingerprint density at radius 3 is 1.86 bits per heavy atom. The number of furan rings is 1. The number of nitrogens with zero attached hydrogens (tertiary/aromatic N) is 5. The third kappa shape index (κ3) is 8.65. The number of benzene rings is 2. The Hall–Kier alpha value is -5.50. The first-order valence-electron chi connectivity index (χ1n) is 17.9. The lowest BCUT2D eigenvalue weighted by Gasteiger charge is -2.16. The number of carbonyl (C=O) groups excluding carboxylic acids is 2. The maximum Gasteiger partial charge on any atom is 0.287 e. The molecule has 8 rings (SSSR count). The Morgan fingerprint density at radius 2 is 1.32 bits per heavy atom. The van der Waals surface area contributed by atoms with Gasteiger partial charge in [0.25, 0.3) is 11.8 Å². The number of fused-ring (bicyclic) bond motifs is 2. The number of aromatic nitrogens is 3. The topological polar surface area (TPSA) is 228 Å². The Bertz CT molecular complexity index is 2440. The molecule has 2 fully saturated rings. The maximum absolute atomic E-state index is 12.6. The smallest absolute Gasteiger partial charge is 0.287 e. The van der Waals surface area contributed by atoms with Gasteiger partial charge in [0, 0.05) is 81.5 Å². The van der Waals surface area contributed by atoms with E-state index >= 15 is 0 Å². The number of nitrogens with one attached hydrogen (secondary N) is 2. The summed E-state index contributed by atoms with van der Waals surface area (Å²) in [5.41, 5.74) is 15.1. The predicted octanol–water partition coefficient (Wildman–Crippen LogP) is 2.47. The van der Waals surface area contributed by atoms with Gasteiger partial charge in [0.05, 0.1) is 21.6 Å². The van der Waals surface area contributed by atoms with Gasteiger partial charge in [-0.15, -0.1) is 0 Å². The minimum absolute atomic E-state index is 0.106. The zero-order valence-corrected chi connectivity index (χ0v) is 31.8. The van der Waals surface area contributed by atoms with E-state index in [1.165, 1.54) is 8.61 Å². The van der Waals surface area contributed by atoms with Crippen molar-refractivity contribution in [2.24, 2.45) is 11.5 Å². The SMILES string of the molecule is NC1CCN(S(=O)(=O)c2ccc(CNC(=O)c3cc4ccncc4o3)cc2)C1.NC1CCN(S(=O)(=O)c2ccc(CNC(=O)c3ccc4nccn4c3)cc2)C1. The lowest BCUT2D eigenvalue weighted by Crippen LogP contribution is -2.32. The first kappa shape index (κ1) is 38.8. The normalized spacial score (nSPS) is 17.8. The molecule has 2 unspecified atom stereocenters. The second kappa shape index (κ2) is 16.3. The molecule has 0 spiro atoms. The number of nitrogens with two attached hydrogens (primary N) is 2. The van der Waals surface area contributed by atoms with Crippen LogP contribution in [-0.4, -0.2) is 89.9 Å². The van der Waals surface area contributed by atoms with Crippen molar-refractivity contribution < 1.29 is 30.8 Å². The van der Waals surface area contributed by atoms with Crippen molar-refractivity contribution in [2.75, 3.05) is 26.2 Å². The van der Waals surface area contributed by atoms with Gasteiger partial charge in [-0.1, -0.05) is 24.3 Å². The summed E-state index contributed by atoms with van der Waals surface area (Å²) in [6.07, 6.45) is 9.69. The van der Waals surface area contributed by atoms with E-state index in [1.54, 1.807) is 108 Å². The fourth-order valence-electron chi connectivity index (χ4n) is 6.41. The van der Waals surface area contributed by atoms with Crippen LogP contribution in [0.1, 0.15) is 44.9 Å². The third-order valence-corrected chi connectivity index (χ3v) is 13.4. The number of pyridine rings is 2. The molecular formula is C38H41N9O7S2. The largest absolute Gasteiger partial charge is 0.449 e. The van der Waals surface area contributed by atoms with Crippen molar-refractivity contribution >= 4 is 48.5 Å². The first-order valence-corrected chi connectivity index (χ1v) is 20.8. The van der Waals surface area contributed by atoms with Crippen LogP contribution < -0.4 is 22.1 Å². The Kier molecular flexibility index (Phi) is 11.3. The Morgan fingerprint density at radius 1 is 0.750 bits per heavy atom. The van der Waals surface area contributed by atoms with Crippen molar-refractivity contribution in [1.29, 1.82) is 0 Å². The number of rotatable bonds is 10. The highest BCUT2D eigenvalue weighted by Gasteiger charge is 2.32. The molecule has 56 heavy (non-hydrogen) atoms. The Balaban J connectivity index is 0.000000172. The average molecular weight is 800 g/mol. The summed E-state index contributed by atoms with van der Waals surface area (Å²) in [6.45, 7) is 2.13. The molecule has 0 bridgehead atoms. The summed E-state index contributed by atoms with van der Waals surface area (Å²) in [7, 11) is -7.05. The fourth-order valence-corrected chi connectivity index (χ4v) is 9.43. The van der Waals surface area contributed by atoms with Crippen LogP contribution in [0, 0.1) is 0 Å². The molecule has 0 aliphatic carbocycles. The molecule has 18 heteroatoms. The fraction of sp³-hybridized carbons (Fsp3) is 0.263. The molecule has 0 saturated carbocycles. The van der Waals surface area contributed by atoms with Crippen LogP contribution in [-0.2, 0) is 33.1 Å². The highest BCUT2D eigenvalue weighted by atomic mass is 32.2. The number of sulfonamides is 2. The van der Waals surface area contributed by atoms with Crippen LogP contribution in [0.15, 0.2) is 118 Å². The van der Waals surface area contributed by atoms with E-state index in [0.717, 1.165) is 22.2 Å². The minimum atomic E-state index is -3.53. The van der Waals surface area contributed by atoms with Gasteiger partial charge in [0.15, 0.2) is 11.3 Å². The van der Waals surface area contributed by atoms with Gasteiger partial charge in [-0.25, -0.2) is 21.8 Å². The quantitative estimate of drug-likeness (QED) is 0.157. The van der Waals surface area contributed by atoms with Crippen molar-refractivity contribution in [3.63, 3.8) is 0 Å². The van der Waals surface area contributed by atoms with Crippen molar-refractivity contribution in [3.05, 3.63) is 126 Å². The molecule has 2 aliphatic heterocycles. The monoisotopic (exact) mass is 799 g/mol. The van der Waals surface area contributed by atoms with E-state index in [1.807, 2.05) is 0 Å². The lowest BCUT2D eigenvalue weighted by molar-refractivity contribution is 0.0923. The molecule has 16 nitrogen and oxygen atoms in total. The molecule has 6 aromatic rings. The molecule has 2 aromatic carbocycles. The van der Waals surface area contributed by atoms with Crippen molar-refractivity contribution in [2.45, 2.75) is 47.8 Å². The van der Waals surface area contributed by atoms with Crippen LogP contribution in [0.2, 0.25) is 0 Å². The highest BCUT2D eigenvalue weighted by Crippen LogP contribution is 2.23. The van der Waals surface area contributed by atoms with Crippen LogP contribution in [0.5, 0.6) is 0 Å². The number of hydrogen-bond acceptors (Lipinski definition) is 11. The van der Waals surface area contributed by atoms with Gasteiger partial charge < -0.3 is 30.9 Å². The standard InChI is InChI=1S/C19H21N5O3S.C19H20N4O4S/c20-16-7-9-24(13-16)28(26,27)17-4-1-14(2-5-17)11-22-19(25)15-3-6-18-21-8-10-23(18)12-15;20-15-6-8-23(12-15)28(25,26)16-3-1-13(2-4-16)10-22-19(24)17-9-14-5-7-21-11-18(14)27-17/h1-6,8,10,12,16H,7,9,11,13,20H2,(H,22,25);1-5,7,9,11,15H,6,8,10,12,20H2,(H,22,24). The molecular weight excluding hydrogens is 759 g/mol.